The van der Waals surface area contributed by atoms with Crippen LogP contribution in [0.25, 0.3) is 0 Å². The summed E-state index contributed by atoms with van der Waals surface area (Å²) in [5, 5.41) is 0. The lowest BCUT2D eigenvalue weighted by atomic mass is 10.0. The van der Waals surface area contributed by atoms with Crippen molar-refractivity contribution in [1.29, 1.82) is 0 Å². The average Bonchev–Trinajstić information content (AvgIpc) is 2.44. The van der Waals surface area contributed by atoms with E-state index in [0.29, 0.717) is 6.33 Å². The molecular weight excluding hydrogens is 247 g/mol. The Morgan fingerprint density at radius 2 is 1.75 bits per heavy atom. The molecule has 0 fully saturated rings. The maximum atomic E-state index is 12.0. The van der Waals surface area contributed by atoms with Gasteiger partial charge in [-0.25, -0.2) is 4.39 Å². The molecule has 0 atom stereocenters. The van der Waals surface area contributed by atoms with Crippen LogP contribution in [0.4, 0.5) is 4.39 Å². The summed E-state index contributed by atoms with van der Waals surface area (Å²) < 4.78 is 12.0. The van der Waals surface area contributed by atoms with Gasteiger partial charge in [-0.2, -0.15) is 0 Å². The van der Waals surface area contributed by atoms with E-state index in [0.717, 1.165) is 19.3 Å². The topological polar surface area (TPSA) is 0 Å². The largest absolute Gasteiger partial charge is 0.216 e. The van der Waals surface area contributed by atoms with Crippen molar-refractivity contribution in [3.8, 4) is 0 Å². The van der Waals surface area contributed by atoms with Crippen LogP contribution in [0.2, 0.25) is 0 Å². The normalized spacial score (nSPS) is 13.9. The van der Waals surface area contributed by atoms with Gasteiger partial charge in [-0.1, -0.05) is 61.1 Å². The van der Waals surface area contributed by atoms with Crippen molar-refractivity contribution >= 4 is 0 Å². The molecule has 110 valence electrons. The van der Waals surface area contributed by atoms with E-state index in [-0.39, 0.29) is 0 Å². The first-order valence-electron chi connectivity index (χ1n) is 7.28. The van der Waals surface area contributed by atoms with Gasteiger partial charge in [0.25, 0.3) is 0 Å². The second kappa shape index (κ2) is 13.8. The first-order chi connectivity index (χ1) is 9.74. The van der Waals surface area contributed by atoms with Crippen molar-refractivity contribution in [1.82, 2.24) is 0 Å². The summed E-state index contributed by atoms with van der Waals surface area (Å²) in [6.07, 6.45) is 21.5. The molecule has 0 unspecified atom stereocenters. The van der Waals surface area contributed by atoms with Crippen molar-refractivity contribution in [2.45, 2.75) is 46.0 Å². The van der Waals surface area contributed by atoms with Crippen LogP contribution in [0.1, 0.15) is 46.0 Å². The van der Waals surface area contributed by atoms with E-state index >= 15 is 0 Å². The molecule has 0 radical (unpaired) electrons. The summed E-state index contributed by atoms with van der Waals surface area (Å²) in [5.74, 6) is 0. The number of hydrogen-bond acceptors (Lipinski definition) is 0. The molecule has 20 heavy (non-hydrogen) atoms. The van der Waals surface area contributed by atoms with Crippen LogP contribution in [-0.2, 0) is 0 Å². The third kappa shape index (κ3) is 11.5. The van der Waals surface area contributed by atoms with Crippen molar-refractivity contribution in [2.24, 2.45) is 0 Å². The summed E-state index contributed by atoms with van der Waals surface area (Å²) >= 11 is 0. The molecule has 0 saturated carbocycles. The monoisotopic (exact) mass is 274 g/mol. The summed E-state index contributed by atoms with van der Waals surface area (Å²) in [7, 11) is 0. The van der Waals surface area contributed by atoms with Gasteiger partial charge in [-0.05, 0) is 51.2 Å². The maximum Gasteiger partial charge on any atom is 0.0867 e. The Labute approximate surface area is 123 Å². The van der Waals surface area contributed by atoms with Gasteiger partial charge >= 0.3 is 0 Å². The minimum atomic E-state index is 0.578. The summed E-state index contributed by atoms with van der Waals surface area (Å²) in [6, 6.07) is 0. The lowest BCUT2D eigenvalue weighted by Gasteiger charge is -2.03. The van der Waals surface area contributed by atoms with E-state index in [1.54, 1.807) is 6.08 Å². The molecule has 0 aliphatic heterocycles. The predicted molar refractivity (Wildman–Crippen MR) is 89.3 cm³/mol. The second-order valence-corrected chi connectivity index (χ2v) is 4.75. The minimum Gasteiger partial charge on any atom is -0.216 e. The Bertz CT molecular complexity index is 392. The summed E-state index contributed by atoms with van der Waals surface area (Å²) in [4.78, 5) is 0. The van der Waals surface area contributed by atoms with Gasteiger partial charge in [0.2, 0.25) is 0 Å². The summed E-state index contributed by atoms with van der Waals surface area (Å²) in [6.45, 7) is 7.78. The van der Waals surface area contributed by atoms with Gasteiger partial charge in [0.05, 0.1) is 6.33 Å². The van der Waals surface area contributed by atoms with E-state index in [1.807, 2.05) is 37.3 Å². The van der Waals surface area contributed by atoms with Crippen LogP contribution in [0.5, 0.6) is 0 Å². The lowest BCUT2D eigenvalue weighted by molar-refractivity contribution is 0.676. The van der Waals surface area contributed by atoms with Crippen LogP contribution >= 0.6 is 0 Å². The molecule has 0 aromatic heterocycles. The fourth-order valence-electron chi connectivity index (χ4n) is 1.89. The molecule has 0 aromatic rings. The van der Waals surface area contributed by atoms with Gasteiger partial charge in [0.1, 0.15) is 0 Å². The standard InChI is InChI=1S/C19H27F/c1-4-6-8-13-18(3)14-9-7-10-15-19(12-5-2)16-11-17-20/h4-6,8,11-13,16-17H,1,7,9-10,14-15H2,2-3H3/b8-6-,12-5-,17-11+,18-13+,19-16+. The molecule has 0 bridgehead atoms. The summed E-state index contributed by atoms with van der Waals surface area (Å²) in [5.41, 5.74) is 2.58. The highest BCUT2D eigenvalue weighted by molar-refractivity contribution is 5.22. The van der Waals surface area contributed by atoms with Gasteiger partial charge in [0, 0.05) is 0 Å². The molecule has 0 amide bonds. The van der Waals surface area contributed by atoms with Crippen LogP contribution in [0.15, 0.2) is 72.7 Å². The molecule has 0 rings (SSSR count). The number of rotatable bonds is 10. The fourth-order valence-corrected chi connectivity index (χ4v) is 1.89. The zero-order valence-corrected chi connectivity index (χ0v) is 12.8. The Kier molecular flexibility index (Phi) is 12.7. The highest BCUT2D eigenvalue weighted by Crippen LogP contribution is 2.14. The van der Waals surface area contributed by atoms with Crippen molar-refractivity contribution in [3.05, 3.63) is 72.7 Å². The molecule has 0 heterocycles. The molecule has 0 saturated heterocycles. The smallest absolute Gasteiger partial charge is 0.0867 e. The minimum absolute atomic E-state index is 0.578. The van der Waals surface area contributed by atoms with Gasteiger partial charge in [0.15, 0.2) is 0 Å². The Morgan fingerprint density at radius 1 is 1.00 bits per heavy atom. The zero-order valence-electron chi connectivity index (χ0n) is 12.8. The average molecular weight is 274 g/mol. The molecular formula is C19H27F. The van der Waals surface area contributed by atoms with Crippen LogP contribution in [0.3, 0.4) is 0 Å². The van der Waals surface area contributed by atoms with E-state index in [4.69, 9.17) is 0 Å². The molecule has 0 N–H and O–H groups in total. The first kappa shape index (κ1) is 18.4. The second-order valence-electron chi connectivity index (χ2n) is 4.75. The maximum absolute atomic E-state index is 12.0. The molecule has 0 nitrogen and oxygen atoms in total. The Hall–Kier alpha value is -1.63. The molecule has 1 heteroatoms. The highest BCUT2D eigenvalue weighted by Gasteiger charge is 1.94. The fraction of sp³-hybridized carbons (Fsp3) is 0.368. The number of hydrogen-bond donors (Lipinski definition) is 0. The van der Waals surface area contributed by atoms with Crippen molar-refractivity contribution < 1.29 is 4.39 Å². The molecule has 0 aromatic carbocycles. The SMILES string of the molecule is C=C/C=C\C=C(/C)CCCCCC(/C=C\C)=C/C=C/F. The van der Waals surface area contributed by atoms with E-state index < -0.39 is 0 Å². The molecule has 0 aliphatic rings. The molecule has 0 spiro atoms. The van der Waals surface area contributed by atoms with E-state index in [2.05, 4.69) is 19.6 Å². The third-order valence-corrected chi connectivity index (χ3v) is 2.93. The first-order valence-corrected chi connectivity index (χ1v) is 7.28. The zero-order chi connectivity index (χ0) is 15.1. The Morgan fingerprint density at radius 3 is 2.40 bits per heavy atom. The number of unbranched alkanes of at least 4 members (excludes halogenated alkanes) is 2. The van der Waals surface area contributed by atoms with E-state index in [9.17, 15) is 4.39 Å². The number of allylic oxidation sites excluding steroid dienone is 10. The van der Waals surface area contributed by atoms with Gasteiger partial charge in [-0.15, -0.1) is 0 Å². The van der Waals surface area contributed by atoms with Crippen LogP contribution < -0.4 is 0 Å². The lowest BCUT2D eigenvalue weighted by Crippen LogP contribution is -1.83. The van der Waals surface area contributed by atoms with Crippen molar-refractivity contribution in [3.63, 3.8) is 0 Å². The molecule has 0 aliphatic carbocycles. The van der Waals surface area contributed by atoms with Crippen molar-refractivity contribution in [2.75, 3.05) is 0 Å². The van der Waals surface area contributed by atoms with Crippen LogP contribution in [-0.4, -0.2) is 0 Å². The highest BCUT2D eigenvalue weighted by atomic mass is 19.1. The van der Waals surface area contributed by atoms with Crippen LogP contribution in [0, 0.1) is 0 Å². The number of halogens is 1. The Balaban J connectivity index is 3.92. The van der Waals surface area contributed by atoms with Gasteiger partial charge < -0.3 is 0 Å². The van der Waals surface area contributed by atoms with Gasteiger partial charge in [-0.3, -0.25) is 0 Å². The quantitative estimate of drug-likeness (QED) is 0.310. The van der Waals surface area contributed by atoms with E-state index in [1.165, 1.54) is 30.1 Å². The predicted octanol–water partition coefficient (Wildman–Crippen LogP) is 6.61. The third-order valence-electron chi connectivity index (χ3n) is 2.93.